The smallest absolute Gasteiger partial charge is 0.220 e. The fraction of sp³-hybridized carbons (Fsp3) is 0.861. The third-order valence-electron chi connectivity index (χ3n) is 7.94. The van der Waals surface area contributed by atoms with Gasteiger partial charge in [0.2, 0.25) is 5.91 Å². The van der Waals surface area contributed by atoms with E-state index in [2.05, 4.69) is 31.3 Å². The van der Waals surface area contributed by atoms with Crippen LogP contribution < -0.4 is 5.32 Å². The molecule has 0 radical (unpaired) electrons. The molecule has 3 N–H and O–H groups in total. The summed E-state index contributed by atoms with van der Waals surface area (Å²) in [6.07, 6.45) is 39.8. The van der Waals surface area contributed by atoms with Gasteiger partial charge in [-0.1, -0.05) is 167 Å². The minimum Gasteiger partial charge on any atom is -0.394 e. The van der Waals surface area contributed by atoms with Crippen molar-refractivity contribution >= 4 is 5.91 Å². The lowest BCUT2D eigenvalue weighted by Gasteiger charge is -2.19. The number of unbranched alkanes of at least 4 members (excludes halogenated alkanes) is 22. The Labute approximate surface area is 249 Å². The zero-order valence-electron chi connectivity index (χ0n) is 26.9. The zero-order valence-corrected chi connectivity index (χ0v) is 26.9. The first-order chi connectivity index (χ1) is 19.7. The molecule has 0 aliphatic rings. The fourth-order valence-electron chi connectivity index (χ4n) is 5.19. The molecule has 40 heavy (non-hydrogen) atoms. The summed E-state index contributed by atoms with van der Waals surface area (Å²) in [5.74, 6) is -0.0750. The Morgan fingerprint density at radius 1 is 0.575 bits per heavy atom. The molecule has 1 amide bonds. The van der Waals surface area contributed by atoms with Gasteiger partial charge in [-0.05, 0) is 32.1 Å². The van der Waals surface area contributed by atoms with Crippen LogP contribution in [0.5, 0.6) is 0 Å². The molecule has 0 aromatic heterocycles. The topological polar surface area (TPSA) is 69.6 Å². The Kier molecular flexibility index (Phi) is 31.5. The molecule has 4 heteroatoms. The van der Waals surface area contributed by atoms with Crippen LogP contribution in [-0.4, -0.2) is 34.9 Å². The van der Waals surface area contributed by atoms with Gasteiger partial charge < -0.3 is 15.5 Å². The van der Waals surface area contributed by atoms with E-state index in [4.69, 9.17) is 0 Å². The van der Waals surface area contributed by atoms with Gasteiger partial charge in [0, 0.05) is 6.42 Å². The van der Waals surface area contributed by atoms with Crippen LogP contribution in [0.15, 0.2) is 24.3 Å². The average Bonchev–Trinajstić information content (AvgIpc) is 2.96. The number of hydrogen-bond donors (Lipinski definition) is 3. The summed E-state index contributed by atoms with van der Waals surface area (Å²) in [4.78, 5) is 12.3. The lowest BCUT2D eigenvalue weighted by atomic mass is 10.0. The van der Waals surface area contributed by atoms with Crippen molar-refractivity contribution in [3.8, 4) is 0 Å². The highest BCUT2D eigenvalue weighted by atomic mass is 16.3. The van der Waals surface area contributed by atoms with Gasteiger partial charge in [0.25, 0.3) is 0 Å². The maximum Gasteiger partial charge on any atom is 0.220 e. The van der Waals surface area contributed by atoms with E-state index in [9.17, 15) is 15.0 Å². The molecular formula is C36H69NO3. The van der Waals surface area contributed by atoms with Crippen molar-refractivity contribution in [2.24, 2.45) is 0 Å². The summed E-state index contributed by atoms with van der Waals surface area (Å²) in [7, 11) is 0. The average molecular weight is 564 g/mol. The van der Waals surface area contributed by atoms with Crippen LogP contribution >= 0.6 is 0 Å². The van der Waals surface area contributed by atoms with Gasteiger partial charge in [0.1, 0.15) is 0 Å². The van der Waals surface area contributed by atoms with E-state index in [1.165, 1.54) is 128 Å². The van der Waals surface area contributed by atoms with E-state index in [1.807, 2.05) is 6.08 Å². The minimum absolute atomic E-state index is 0.0750. The summed E-state index contributed by atoms with van der Waals surface area (Å²) in [6, 6.07) is -0.631. The van der Waals surface area contributed by atoms with E-state index >= 15 is 0 Å². The van der Waals surface area contributed by atoms with Crippen molar-refractivity contribution in [1.82, 2.24) is 5.32 Å². The number of hydrogen-bond acceptors (Lipinski definition) is 3. The van der Waals surface area contributed by atoms with Crippen molar-refractivity contribution in [3.63, 3.8) is 0 Å². The van der Waals surface area contributed by atoms with E-state index in [0.717, 1.165) is 32.1 Å². The fourth-order valence-corrected chi connectivity index (χ4v) is 5.19. The second-order valence-corrected chi connectivity index (χ2v) is 11.9. The highest BCUT2D eigenvalue weighted by molar-refractivity contribution is 5.76. The van der Waals surface area contributed by atoms with Crippen molar-refractivity contribution in [2.75, 3.05) is 6.61 Å². The molecule has 0 rings (SSSR count). The minimum atomic E-state index is -0.854. The normalized spacial score (nSPS) is 13.4. The third-order valence-corrected chi connectivity index (χ3v) is 7.94. The Morgan fingerprint density at radius 3 is 1.45 bits per heavy atom. The first kappa shape index (κ1) is 38.9. The Bertz CT molecular complexity index is 574. The van der Waals surface area contributed by atoms with Gasteiger partial charge in [-0.25, -0.2) is 0 Å². The predicted molar refractivity (Wildman–Crippen MR) is 175 cm³/mol. The van der Waals surface area contributed by atoms with Crippen molar-refractivity contribution in [3.05, 3.63) is 24.3 Å². The second-order valence-electron chi connectivity index (χ2n) is 11.9. The molecule has 0 aromatic rings. The summed E-state index contributed by atoms with van der Waals surface area (Å²) in [6.45, 7) is 4.25. The lowest BCUT2D eigenvalue weighted by Crippen LogP contribution is -2.45. The molecule has 236 valence electrons. The highest BCUT2D eigenvalue weighted by Gasteiger charge is 2.17. The molecule has 0 aliphatic carbocycles. The zero-order chi connectivity index (χ0) is 29.4. The number of carbonyl (C=O) groups excluding carboxylic acids is 1. The number of aliphatic hydroxyl groups excluding tert-OH is 2. The van der Waals surface area contributed by atoms with Gasteiger partial charge in [-0.3, -0.25) is 4.79 Å². The largest absolute Gasteiger partial charge is 0.394 e. The lowest BCUT2D eigenvalue weighted by molar-refractivity contribution is -0.123. The number of amides is 1. The first-order valence-corrected chi connectivity index (χ1v) is 17.6. The summed E-state index contributed by atoms with van der Waals surface area (Å²) in [5, 5.41) is 22.7. The van der Waals surface area contributed by atoms with E-state index in [-0.39, 0.29) is 12.5 Å². The quantitative estimate of drug-likeness (QED) is 0.0580. The van der Waals surface area contributed by atoms with Crippen LogP contribution in [-0.2, 0) is 4.79 Å². The van der Waals surface area contributed by atoms with E-state index < -0.39 is 12.1 Å². The molecule has 0 saturated carbocycles. The molecule has 0 aliphatic heterocycles. The predicted octanol–water partition coefficient (Wildman–Crippen LogP) is 10.1. The number of nitrogens with one attached hydrogen (secondary N) is 1. The second kappa shape index (κ2) is 32.4. The molecule has 0 unspecified atom stereocenters. The van der Waals surface area contributed by atoms with E-state index in [0.29, 0.717) is 6.42 Å². The van der Waals surface area contributed by atoms with Crippen LogP contribution in [0.3, 0.4) is 0 Å². The van der Waals surface area contributed by atoms with Crippen LogP contribution in [0.25, 0.3) is 0 Å². The highest BCUT2D eigenvalue weighted by Crippen LogP contribution is 2.14. The standard InChI is InChI=1S/C36H69NO3/c1-3-5-7-9-11-13-15-16-17-18-19-20-21-22-24-26-28-30-32-36(40)37-34(33-38)35(39)31-29-27-25-23-14-12-10-8-6-4-2/h14,23,29,31,34-35,38-39H,3-13,15-22,24-28,30,32-33H2,1-2H3,(H,37,40)/b23-14+,31-29+/t34-,35+/m0/s1. The Morgan fingerprint density at radius 2 is 0.975 bits per heavy atom. The number of carbonyl (C=O) groups is 1. The Hall–Kier alpha value is -1.13. The third kappa shape index (κ3) is 28.4. The van der Waals surface area contributed by atoms with Gasteiger partial charge in [-0.15, -0.1) is 0 Å². The van der Waals surface area contributed by atoms with Crippen molar-refractivity contribution in [1.29, 1.82) is 0 Å². The number of aliphatic hydroxyl groups is 2. The number of allylic oxidation sites excluding steroid dienone is 3. The van der Waals surface area contributed by atoms with Crippen molar-refractivity contribution in [2.45, 2.75) is 193 Å². The van der Waals surface area contributed by atoms with Crippen LogP contribution in [0, 0.1) is 0 Å². The monoisotopic (exact) mass is 564 g/mol. The molecule has 0 bridgehead atoms. The maximum atomic E-state index is 12.3. The molecule has 0 aromatic carbocycles. The number of rotatable bonds is 31. The van der Waals surface area contributed by atoms with Crippen molar-refractivity contribution < 1.29 is 15.0 Å². The van der Waals surface area contributed by atoms with Gasteiger partial charge in [0.15, 0.2) is 0 Å². The molecule has 0 heterocycles. The first-order valence-electron chi connectivity index (χ1n) is 17.6. The van der Waals surface area contributed by atoms with E-state index in [1.54, 1.807) is 6.08 Å². The van der Waals surface area contributed by atoms with Crippen LogP contribution in [0.2, 0.25) is 0 Å². The molecule has 4 nitrogen and oxygen atoms in total. The Balaban J connectivity index is 3.59. The van der Waals surface area contributed by atoms with Crippen LogP contribution in [0.4, 0.5) is 0 Å². The summed E-state index contributed by atoms with van der Waals surface area (Å²) < 4.78 is 0. The van der Waals surface area contributed by atoms with Crippen LogP contribution in [0.1, 0.15) is 181 Å². The molecule has 2 atom stereocenters. The summed E-state index contributed by atoms with van der Waals surface area (Å²) in [5.41, 5.74) is 0. The van der Waals surface area contributed by atoms with Gasteiger partial charge in [0.05, 0.1) is 18.8 Å². The maximum absolute atomic E-state index is 12.3. The molecule has 0 fully saturated rings. The van der Waals surface area contributed by atoms with Gasteiger partial charge >= 0.3 is 0 Å². The summed E-state index contributed by atoms with van der Waals surface area (Å²) >= 11 is 0. The molecular weight excluding hydrogens is 494 g/mol. The SMILES string of the molecule is CCCCCC/C=C/CC/C=C/[C@@H](O)[C@H](CO)NC(=O)CCCCCCCCCCCCCCCCCCCC. The van der Waals surface area contributed by atoms with Gasteiger partial charge in [-0.2, -0.15) is 0 Å². The molecule has 0 saturated heterocycles. The molecule has 0 spiro atoms.